The molecule has 2 fully saturated rings. The van der Waals surface area contributed by atoms with Crippen molar-refractivity contribution in [2.75, 3.05) is 26.7 Å². The molecule has 6 heteroatoms. The molecule has 1 aliphatic carbocycles. The van der Waals surface area contributed by atoms with Crippen molar-refractivity contribution >= 4 is 35.9 Å². The number of hydrogen-bond donors (Lipinski definition) is 1. The van der Waals surface area contributed by atoms with Gasteiger partial charge in [-0.05, 0) is 32.1 Å². The van der Waals surface area contributed by atoms with Crippen LogP contribution in [0.15, 0.2) is 4.99 Å². The third-order valence-corrected chi connectivity index (χ3v) is 3.98. The highest BCUT2D eigenvalue weighted by atomic mass is 127. The van der Waals surface area contributed by atoms with Gasteiger partial charge < -0.3 is 15.0 Å². The van der Waals surface area contributed by atoms with Crippen LogP contribution in [0.5, 0.6) is 0 Å². The van der Waals surface area contributed by atoms with E-state index in [2.05, 4.69) is 22.1 Å². The zero-order valence-corrected chi connectivity index (χ0v) is 14.9. The third kappa shape index (κ3) is 4.49. The number of nitrogens with zero attached hydrogens (tertiary/aromatic N) is 2. The van der Waals surface area contributed by atoms with E-state index in [1.807, 2.05) is 14.0 Å². The second-order valence-electron chi connectivity index (χ2n) is 5.55. The number of piperidine rings is 1. The Morgan fingerprint density at radius 3 is 2.75 bits per heavy atom. The van der Waals surface area contributed by atoms with Gasteiger partial charge in [0.15, 0.2) is 5.96 Å². The molecule has 0 amide bonds. The Morgan fingerprint density at radius 1 is 1.50 bits per heavy atom. The molecule has 2 aliphatic rings. The number of carbonyl (C=O) groups excluding carboxylic acids is 1. The van der Waals surface area contributed by atoms with Gasteiger partial charge in [0.2, 0.25) is 0 Å². The third-order valence-electron chi connectivity index (χ3n) is 3.98. The van der Waals surface area contributed by atoms with E-state index in [0.29, 0.717) is 12.6 Å². The lowest BCUT2D eigenvalue weighted by atomic mass is 9.98. The van der Waals surface area contributed by atoms with Crippen LogP contribution in [0.25, 0.3) is 0 Å². The lowest BCUT2D eigenvalue weighted by Crippen LogP contribution is -2.49. The number of halogens is 1. The van der Waals surface area contributed by atoms with Crippen LogP contribution < -0.4 is 5.32 Å². The molecule has 1 saturated heterocycles. The van der Waals surface area contributed by atoms with E-state index in [4.69, 9.17) is 4.74 Å². The molecule has 0 bridgehead atoms. The summed E-state index contributed by atoms with van der Waals surface area (Å²) in [6.07, 6.45) is 3.16. The normalized spacial score (nSPS) is 29.4. The lowest BCUT2D eigenvalue weighted by Gasteiger charge is -2.34. The number of carbonyl (C=O) groups is 1. The van der Waals surface area contributed by atoms with E-state index in [9.17, 15) is 4.79 Å². The van der Waals surface area contributed by atoms with Crippen molar-refractivity contribution in [2.45, 2.75) is 39.2 Å². The average Bonchev–Trinajstić information content (AvgIpc) is 3.12. The largest absolute Gasteiger partial charge is 0.466 e. The number of nitrogens with one attached hydrogen (secondary N) is 1. The number of hydrogen-bond acceptors (Lipinski definition) is 3. The van der Waals surface area contributed by atoms with Crippen molar-refractivity contribution < 1.29 is 9.53 Å². The Balaban J connectivity index is 0.00000200. The second-order valence-corrected chi connectivity index (χ2v) is 5.55. The maximum Gasteiger partial charge on any atom is 0.310 e. The minimum atomic E-state index is -0.0672. The van der Waals surface area contributed by atoms with Crippen molar-refractivity contribution in [1.29, 1.82) is 0 Å². The zero-order valence-electron chi connectivity index (χ0n) is 12.6. The predicted octanol–water partition coefficient (Wildman–Crippen LogP) is 1.86. The van der Waals surface area contributed by atoms with Crippen LogP contribution in [-0.4, -0.2) is 49.6 Å². The summed E-state index contributed by atoms with van der Waals surface area (Å²) >= 11 is 0. The van der Waals surface area contributed by atoms with Crippen LogP contribution in [0.3, 0.4) is 0 Å². The minimum Gasteiger partial charge on any atom is -0.466 e. The molecule has 0 radical (unpaired) electrons. The minimum absolute atomic E-state index is 0. The van der Waals surface area contributed by atoms with Gasteiger partial charge in [-0.1, -0.05) is 6.92 Å². The topological polar surface area (TPSA) is 53.9 Å². The zero-order chi connectivity index (χ0) is 13.8. The maximum absolute atomic E-state index is 11.8. The van der Waals surface area contributed by atoms with Gasteiger partial charge in [0.1, 0.15) is 0 Å². The lowest BCUT2D eigenvalue weighted by molar-refractivity contribution is -0.149. The van der Waals surface area contributed by atoms with Crippen LogP contribution in [-0.2, 0) is 9.53 Å². The first kappa shape index (κ1) is 17.5. The molecule has 0 aromatic heterocycles. The smallest absolute Gasteiger partial charge is 0.310 e. The summed E-state index contributed by atoms with van der Waals surface area (Å²) in [7, 11) is 1.81. The number of ether oxygens (including phenoxy) is 1. The predicted molar refractivity (Wildman–Crippen MR) is 90.4 cm³/mol. The Labute approximate surface area is 138 Å². The summed E-state index contributed by atoms with van der Waals surface area (Å²) in [5.74, 6) is 1.59. The van der Waals surface area contributed by atoms with E-state index in [-0.39, 0.29) is 35.9 Å². The monoisotopic (exact) mass is 395 g/mol. The SMILES string of the molecule is CCOC(=O)C1CCCN(C(=NC)NC2CC2C)C1.I. The first-order valence-electron chi connectivity index (χ1n) is 7.30. The number of aliphatic imine (C=N–C) groups is 1. The number of esters is 1. The van der Waals surface area contributed by atoms with E-state index in [0.717, 1.165) is 37.8 Å². The standard InChI is InChI=1S/C14H25N3O2.HI/c1-4-19-13(18)11-6-5-7-17(9-11)14(15-3)16-12-8-10(12)2;/h10-12H,4-9H2,1-3H3,(H,15,16);1H. The van der Waals surface area contributed by atoms with Gasteiger partial charge in [0.05, 0.1) is 12.5 Å². The summed E-state index contributed by atoms with van der Waals surface area (Å²) in [5.41, 5.74) is 0. The molecule has 1 saturated carbocycles. The summed E-state index contributed by atoms with van der Waals surface area (Å²) in [6, 6.07) is 0.557. The fraction of sp³-hybridized carbons (Fsp3) is 0.857. The molecular weight excluding hydrogens is 369 g/mol. The Bertz CT molecular complexity index is 362. The van der Waals surface area contributed by atoms with Crippen molar-refractivity contribution in [1.82, 2.24) is 10.2 Å². The van der Waals surface area contributed by atoms with E-state index >= 15 is 0 Å². The number of likely N-dealkylation sites (tertiary alicyclic amines) is 1. The highest BCUT2D eigenvalue weighted by Gasteiger charge is 2.35. The summed E-state index contributed by atoms with van der Waals surface area (Å²) in [4.78, 5) is 18.4. The van der Waals surface area contributed by atoms with Crippen molar-refractivity contribution in [2.24, 2.45) is 16.8 Å². The molecule has 5 nitrogen and oxygen atoms in total. The summed E-state index contributed by atoms with van der Waals surface area (Å²) in [6.45, 7) is 6.24. The van der Waals surface area contributed by atoms with E-state index in [1.165, 1.54) is 6.42 Å². The fourth-order valence-corrected chi connectivity index (χ4v) is 2.61. The molecule has 2 rings (SSSR count). The number of rotatable bonds is 3. The van der Waals surface area contributed by atoms with Gasteiger partial charge in [-0.15, -0.1) is 24.0 Å². The molecular formula is C14H26IN3O2. The van der Waals surface area contributed by atoms with Gasteiger partial charge in [0.25, 0.3) is 0 Å². The van der Waals surface area contributed by atoms with Crippen molar-refractivity contribution in [3.8, 4) is 0 Å². The molecule has 0 aromatic rings. The van der Waals surface area contributed by atoms with Gasteiger partial charge in [-0.3, -0.25) is 9.79 Å². The molecule has 1 aliphatic heterocycles. The van der Waals surface area contributed by atoms with Crippen molar-refractivity contribution in [3.05, 3.63) is 0 Å². The van der Waals surface area contributed by atoms with Crippen LogP contribution >= 0.6 is 24.0 Å². The highest BCUT2D eigenvalue weighted by Crippen LogP contribution is 2.29. The quantitative estimate of drug-likeness (QED) is 0.343. The van der Waals surface area contributed by atoms with Gasteiger partial charge in [0, 0.05) is 26.2 Å². The van der Waals surface area contributed by atoms with Gasteiger partial charge >= 0.3 is 5.97 Å². The van der Waals surface area contributed by atoms with E-state index in [1.54, 1.807) is 0 Å². The molecule has 0 aromatic carbocycles. The Morgan fingerprint density at radius 2 is 2.20 bits per heavy atom. The molecule has 3 unspecified atom stereocenters. The first-order chi connectivity index (χ1) is 9.15. The van der Waals surface area contributed by atoms with Crippen LogP contribution in [0, 0.1) is 11.8 Å². The van der Waals surface area contributed by atoms with Crippen LogP contribution in [0.4, 0.5) is 0 Å². The fourth-order valence-electron chi connectivity index (χ4n) is 2.61. The van der Waals surface area contributed by atoms with E-state index < -0.39 is 0 Å². The Hall–Kier alpha value is -0.530. The van der Waals surface area contributed by atoms with Crippen LogP contribution in [0.2, 0.25) is 0 Å². The van der Waals surface area contributed by atoms with Crippen molar-refractivity contribution in [3.63, 3.8) is 0 Å². The van der Waals surface area contributed by atoms with Gasteiger partial charge in [-0.2, -0.15) is 0 Å². The maximum atomic E-state index is 11.8. The molecule has 1 N–H and O–H groups in total. The first-order valence-corrected chi connectivity index (χ1v) is 7.30. The van der Waals surface area contributed by atoms with Gasteiger partial charge in [-0.25, -0.2) is 0 Å². The number of guanidine groups is 1. The average molecular weight is 395 g/mol. The molecule has 116 valence electrons. The molecule has 0 spiro atoms. The highest BCUT2D eigenvalue weighted by molar-refractivity contribution is 14.0. The molecule has 1 heterocycles. The molecule has 20 heavy (non-hydrogen) atoms. The second kappa shape index (κ2) is 8.05. The summed E-state index contributed by atoms with van der Waals surface area (Å²) in [5, 5.41) is 3.48. The molecule has 3 atom stereocenters. The Kier molecular flexibility index (Phi) is 7.05. The van der Waals surface area contributed by atoms with Crippen LogP contribution in [0.1, 0.15) is 33.1 Å². The summed E-state index contributed by atoms with van der Waals surface area (Å²) < 4.78 is 5.13.